The fourth-order valence-corrected chi connectivity index (χ4v) is 2.25. The minimum absolute atomic E-state index is 0.674. The summed E-state index contributed by atoms with van der Waals surface area (Å²) in [5.41, 5.74) is 5.59. The van der Waals surface area contributed by atoms with Crippen molar-refractivity contribution in [1.82, 2.24) is 9.88 Å². The highest BCUT2D eigenvalue weighted by Crippen LogP contribution is 2.16. The zero-order valence-electron chi connectivity index (χ0n) is 8.99. The van der Waals surface area contributed by atoms with Crippen molar-refractivity contribution in [3.05, 3.63) is 11.1 Å². The van der Waals surface area contributed by atoms with E-state index in [1.807, 2.05) is 6.20 Å². The summed E-state index contributed by atoms with van der Waals surface area (Å²) in [4.78, 5) is 7.78. The SMILES string of the molecule is CCCN(CCC)Cc1cnc(N)s1. The molecule has 1 heterocycles. The quantitative estimate of drug-likeness (QED) is 0.788. The molecule has 0 aliphatic heterocycles. The van der Waals surface area contributed by atoms with Gasteiger partial charge in [-0.15, -0.1) is 11.3 Å². The molecular weight excluding hydrogens is 194 g/mol. The smallest absolute Gasteiger partial charge is 0.180 e. The summed E-state index contributed by atoms with van der Waals surface area (Å²) in [5.74, 6) is 0. The van der Waals surface area contributed by atoms with Crippen LogP contribution in [-0.4, -0.2) is 23.0 Å². The van der Waals surface area contributed by atoms with Crippen LogP contribution < -0.4 is 5.73 Å². The second-order valence-corrected chi connectivity index (χ2v) is 4.59. The summed E-state index contributed by atoms with van der Waals surface area (Å²) in [6.07, 6.45) is 4.29. The van der Waals surface area contributed by atoms with Crippen LogP contribution in [0.1, 0.15) is 31.6 Å². The third-order valence-electron chi connectivity index (χ3n) is 2.03. The van der Waals surface area contributed by atoms with Gasteiger partial charge in [-0.25, -0.2) is 4.98 Å². The van der Waals surface area contributed by atoms with Gasteiger partial charge in [-0.2, -0.15) is 0 Å². The van der Waals surface area contributed by atoms with Crippen molar-refractivity contribution in [2.45, 2.75) is 33.2 Å². The number of nitrogen functional groups attached to an aromatic ring is 1. The van der Waals surface area contributed by atoms with Crippen LogP contribution in [0.3, 0.4) is 0 Å². The van der Waals surface area contributed by atoms with Gasteiger partial charge in [-0.1, -0.05) is 13.8 Å². The van der Waals surface area contributed by atoms with Gasteiger partial charge in [0.25, 0.3) is 0 Å². The van der Waals surface area contributed by atoms with E-state index >= 15 is 0 Å². The van der Waals surface area contributed by atoms with E-state index in [4.69, 9.17) is 5.73 Å². The molecule has 0 fully saturated rings. The molecule has 0 aliphatic rings. The number of nitrogens with zero attached hydrogens (tertiary/aromatic N) is 2. The first-order valence-electron chi connectivity index (χ1n) is 5.18. The molecule has 4 heteroatoms. The van der Waals surface area contributed by atoms with E-state index in [1.54, 1.807) is 11.3 Å². The van der Waals surface area contributed by atoms with Crippen molar-refractivity contribution in [3.63, 3.8) is 0 Å². The largest absolute Gasteiger partial charge is 0.375 e. The van der Waals surface area contributed by atoms with Crippen molar-refractivity contribution in [2.24, 2.45) is 0 Å². The van der Waals surface area contributed by atoms with Gasteiger partial charge >= 0.3 is 0 Å². The fraction of sp³-hybridized carbons (Fsp3) is 0.700. The predicted molar refractivity (Wildman–Crippen MR) is 62.4 cm³/mol. The molecule has 0 unspecified atom stereocenters. The minimum atomic E-state index is 0.674. The number of hydrogen-bond donors (Lipinski definition) is 1. The highest BCUT2D eigenvalue weighted by atomic mass is 32.1. The molecule has 0 saturated heterocycles. The van der Waals surface area contributed by atoms with E-state index in [0.717, 1.165) is 19.6 Å². The Balaban J connectivity index is 2.46. The first kappa shape index (κ1) is 11.5. The van der Waals surface area contributed by atoms with Crippen LogP contribution in [0.25, 0.3) is 0 Å². The van der Waals surface area contributed by atoms with Gasteiger partial charge in [0.2, 0.25) is 0 Å². The van der Waals surface area contributed by atoms with E-state index in [2.05, 4.69) is 23.7 Å². The summed E-state index contributed by atoms with van der Waals surface area (Å²) in [6, 6.07) is 0. The van der Waals surface area contributed by atoms with E-state index in [0.29, 0.717) is 5.13 Å². The lowest BCUT2D eigenvalue weighted by Crippen LogP contribution is -2.24. The maximum Gasteiger partial charge on any atom is 0.180 e. The summed E-state index contributed by atoms with van der Waals surface area (Å²) >= 11 is 1.59. The van der Waals surface area contributed by atoms with Crippen LogP contribution >= 0.6 is 11.3 Å². The molecule has 1 rings (SSSR count). The highest BCUT2D eigenvalue weighted by Gasteiger charge is 2.05. The molecule has 1 aromatic rings. The van der Waals surface area contributed by atoms with Gasteiger partial charge < -0.3 is 5.73 Å². The van der Waals surface area contributed by atoms with Gasteiger partial charge in [0.1, 0.15) is 0 Å². The Morgan fingerprint density at radius 2 is 2.00 bits per heavy atom. The molecule has 1 aromatic heterocycles. The van der Waals surface area contributed by atoms with Crippen LogP contribution in [0.15, 0.2) is 6.20 Å². The maximum absolute atomic E-state index is 5.59. The second-order valence-electron chi connectivity index (χ2n) is 3.44. The van der Waals surface area contributed by atoms with Crippen molar-refractivity contribution >= 4 is 16.5 Å². The zero-order valence-corrected chi connectivity index (χ0v) is 9.81. The lowest BCUT2D eigenvalue weighted by molar-refractivity contribution is 0.268. The average molecular weight is 213 g/mol. The fourth-order valence-electron chi connectivity index (χ4n) is 1.52. The number of aromatic nitrogens is 1. The Kier molecular flexibility index (Phi) is 4.90. The first-order chi connectivity index (χ1) is 6.76. The maximum atomic E-state index is 5.59. The summed E-state index contributed by atoms with van der Waals surface area (Å²) in [6.45, 7) is 7.74. The predicted octanol–water partition coefficient (Wildman–Crippen LogP) is 2.35. The van der Waals surface area contributed by atoms with Crippen LogP contribution in [0.4, 0.5) is 5.13 Å². The Morgan fingerprint density at radius 1 is 1.36 bits per heavy atom. The van der Waals surface area contributed by atoms with E-state index in [9.17, 15) is 0 Å². The molecule has 0 atom stereocenters. The Morgan fingerprint density at radius 3 is 2.43 bits per heavy atom. The van der Waals surface area contributed by atoms with Crippen molar-refractivity contribution in [1.29, 1.82) is 0 Å². The van der Waals surface area contributed by atoms with Crippen LogP contribution in [0.2, 0.25) is 0 Å². The van der Waals surface area contributed by atoms with Gasteiger partial charge in [-0.05, 0) is 25.9 Å². The standard InChI is InChI=1S/C10H19N3S/c1-3-5-13(6-4-2)8-9-7-12-10(11)14-9/h7H,3-6,8H2,1-2H3,(H2,11,12). The third kappa shape index (κ3) is 3.64. The summed E-state index contributed by atoms with van der Waals surface area (Å²) in [7, 11) is 0. The molecule has 14 heavy (non-hydrogen) atoms. The average Bonchev–Trinajstić information content (AvgIpc) is 2.52. The van der Waals surface area contributed by atoms with Gasteiger partial charge in [-0.3, -0.25) is 4.90 Å². The normalized spacial score (nSPS) is 11.1. The molecule has 0 aromatic carbocycles. The molecule has 0 bridgehead atoms. The Bertz CT molecular complexity index is 254. The van der Waals surface area contributed by atoms with E-state index in [1.165, 1.54) is 17.7 Å². The Hall–Kier alpha value is -0.610. The zero-order chi connectivity index (χ0) is 10.4. The van der Waals surface area contributed by atoms with E-state index < -0.39 is 0 Å². The van der Waals surface area contributed by atoms with Crippen molar-refractivity contribution in [3.8, 4) is 0 Å². The minimum Gasteiger partial charge on any atom is -0.375 e. The molecule has 2 N–H and O–H groups in total. The van der Waals surface area contributed by atoms with Crippen LogP contribution in [-0.2, 0) is 6.54 Å². The van der Waals surface area contributed by atoms with Crippen LogP contribution in [0, 0.1) is 0 Å². The van der Waals surface area contributed by atoms with Crippen molar-refractivity contribution in [2.75, 3.05) is 18.8 Å². The van der Waals surface area contributed by atoms with Gasteiger partial charge in [0.15, 0.2) is 5.13 Å². The van der Waals surface area contributed by atoms with Gasteiger partial charge in [0.05, 0.1) is 0 Å². The number of nitrogens with two attached hydrogens (primary N) is 1. The lowest BCUT2D eigenvalue weighted by Gasteiger charge is -2.19. The summed E-state index contributed by atoms with van der Waals surface area (Å²) in [5, 5.41) is 0.674. The molecule has 0 amide bonds. The number of hydrogen-bond acceptors (Lipinski definition) is 4. The number of thiazole rings is 1. The molecular formula is C10H19N3S. The summed E-state index contributed by atoms with van der Waals surface area (Å²) < 4.78 is 0. The molecule has 0 radical (unpaired) electrons. The Labute approximate surface area is 89.9 Å². The number of rotatable bonds is 6. The van der Waals surface area contributed by atoms with Crippen LogP contribution in [0.5, 0.6) is 0 Å². The van der Waals surface area contributed by atoms with E-state index in [-0.39, 0.29) is 0 Å². The molecule has 0 aliphatic carbocycles. The lowest BCUT2D eigenvalue weighted by atomic mass is 10.3. The molecule has 0 saturated carbocycles. The molecule has 80 valence electrons. The van der Waals surface area contributed by atoms with Gasteiger partial charge in [0, 0.05) is 17.6 Å². The molecule has 3 nitrogen and oxygen atoms in total. The number of anilines is 1. The second kappa shape index (κ2) is 5.98. The monoisotopic (exact) mass is 213 g/mol. The molecule has 0 spiro atoms. The third-order valence-corrected chi connectivity index (χ3v) is 2.84. The highest BCUT2D eigenvalue weighted by molar-refractivity contribution is 7.15. The van der Waals surface area contributed by atoms with Crippen molar-refractivity contribution < 1.29 is 0 Å². The topological polar surface area (TPSA) is 42.2 Å². The first-order valence-corrected chi connectivity index (χ1v) is 6.00.